The number of thiophene rings is 1. The van der Waals surface area contributed by atoms with Crippen LogP contribution in [-0.4, -0.2) is 6.54 Å². The summed E-state index contributed by atoms with van der Waals surface area (Å²) < 4.78 is 0. The molecular weight excluding hydrogens is 228 g/mol. The highest BCUT2D eigenvalue weighted by Crippen LogP contribution is 2.25. The maximum Gasteiger partial charge on any atom is 0.0389 e. The molecule has 0 amide bonds. The Labute approximate surface area is 102 Å². The van der Waals surface area contributed by atoms with Gasteiger partial charge in [-0.3, -0.25) is 0 Å². The summed E-state index contributed by atoms with van der Waals surface area (Å²) in [5, 5.41) is 0. The van der Waals surface area contributed by atoms with Crippen molar-refractivity contribution in [1.29, 1.82) is 0 Å². The van der Waals surface area contributed by atoms with Crippen molar-refractivity contribution < 1.29 is 0 Å². The van der Waals surface area contributed by atoms with Crippen LogP contribution >= 0.6 is 23.7 Å². The van der Waals surface area contributed by atoms with Gasteiger partial charge in [0.2, 0.25) is 0 Å². The van der Waals surface area contributed by atoms with Gasteiger partial charge in [0.05, 0.1) is 0 Å². The highest BCUT2D eigenvalue weighted by atomic mass is 35.5. The summed E-state index contributed by atoms with van der Waals surface area (Å²) in [6.07, 6.45) is 4.39. The smallest absolute Gasteiger partial charge is 0.0389 e. The molecule has 0 bridgehead atoms. The molecule has 1 heterocycles. The van der Waals surface area contributed by atoms with Crippen LogP contribution in [0.5, 0.6) is 0 Å². The van der Waals surface area contributed by atoms with Crippen LogP contribution in [0.15, 0.2) is 12.1 Å². The van der Waals surface area contributed by atoms with Crippen molar-refractivity contribution in [1.82, 2.24) is 0 Å². The second-order valence-electron chi connectivity index (χ2n) is 3.55. The monoisotopic (exact) mass is 248 g/mol. The second-order valence-corrected chi connectivity index (χ2v) is 4.75. The summed E-state index contributed by atoms with van der Waals surface area (Å²) in [6.45, 7) is 2.95. The third-order valence-electron chi connectivity index (χ3n) is 2.37. The van der Waals surface area contributed by atoms with Gasteiger partial charge in [0.25, 0.3) is 0 Å². The highest BCUT2D eigenvalue weighted by molar-refractivity contribution is 7.12. The Morgan fingerprint density at radius 3 is 2.60 bits per heavy atom. The molecule has 1 atom stereocenters. The molecule has 1 aromatic rings. The largest absolute Gasteiger partial charge is 0.330 e. The van der Waals surface area contributed by atoms with Gasteiger partial charge in [0.15, 0.2) is 0 Å². The Kier molecular flexibility index (Phi) is 8.06. The molecule has 0 aromatic carbocycles. The fraction of sp³-hybridized carbons (Fsp3) is 0.636. The van der Waals surface area contributed by atoms with Crippen LogP contribution < -0.4 is 11.5 Å². The zero-order valence-corrected chi connectivity index (χ0v) is 10.9. The van der Waals surface area contributed by atoms with Gasteiger partial charge >= 0.3 is 0 Å². The molecule has 88 valence electrons. The zero-order valence-electron chi connectivity index (χ0n) is 9.24. The molecule has 15 heavy (non-hydrogen) atoms. The minimum Gasteiger partial charge on any atom is -0.330 e. The van der Waals surface area contributed by atoms with Gasteiger partial charge in [0.1, 0.15) is 0 Å². The van der Waals surface area contributed by atoms with Crippen molar-refractivity contribution in [3.05, 3.63) is 21.9 Å². The van der Waals surface area contributed by atoms with E-state index in [-0.39, 0.29) is 18.4 Å². The van der Waals surface area contributed by atoms with E-state index in [0.717, 1.165) is 32.2 Å². The summed E-state index contributed by atoms with van der Waals surface area (Å²) in [4.78, 5) is 2.74. The van der Waals surface area contributed by atoms with Gasteiger partial charge in [-0.2, -0.15) is 0 Å². The summed E-state index contributed by atoms with van der Waals surface area (Å²) in [5.41, 5.74) is 11.5. The maximum absolute atomic E-state index is 6.07. The number of hydrogen-bond acceptors (Lipinski definition) is 3. The van der Waals surface area contributed by atoms with E-state index in [2.05, 4.69) is 19.1 Å². The normalized spacial score (nSPS) is 12.2. The van der Waals surface area contributed by atoms with E-state index >= 15 is 0 Å². The van der Waals surface area contributed by atoms with Gasteiger partial charge < -0.3 is 11.5 Å². The first kappa shape index (κ1) is 14.9. The van der Waals surface area contributed by atoms with E-state index in [1.54, 1.807) is 0 Å². The Hall–Kier alpha value is -0.0900. The summed E-state index contributed by atoms with van der Waals surface area (Å²) in [6, 6.07) is 4.56. The molecule has 1 aromatic heterocycles. The second kappa shape index (κ2) is 8.11. The van der Waals surface area contributed by atoms with Crippen LogP contribution in [0.25, 0.3) is 0 Å². The van der Waals surface area contributed by atoms with Gasteiger partial charge in [-0.25, -0.2) is 0 Å². The van der Waals surface area contributed by atoms with Gasteiger partial charge in [-0.05, 0) is 37.9 Å². The number of unbranched alkanes of at least 4 members (excludes halogenated alkanes) is 1. The van der Waals surface area contributed by atoms with Crippen LogP contribution in [0.4, 0.5) is 0 Å². The van der Waals surface area contributed by atoms with Crippen LogP contribution in [0.3, 0.4) is 0 Å². The third kappa shape index (κ3) is 4.98. The van der Waals surface area contributed by atoms with Crippen LogP contribution in [0, 0.1) is 0 Å². The maximum atomic E-state index is 6.07. The molecule has 4 N–H and O–H groups in total. The first-order chi connectivity index (χ1) is 6.77. The number of hydrogen-bond donors (Lipinski definition) is 2. The summed E-state index contributed by atoms with van der Waals surface area (Å²) >= 11 is 1.84. The lowest BCUT2D eigenvalue weighted by Gasteiger charge is -2.08. The Bertz CT molecular complexity index is 263. The summed E-state index contributed by atoms with van der Waals surface area (Å²) in [5.74, 6) is 0. The molecule has 0 saturated carbocycles. The molecule has 0 saturated heterocycles. The van der Waals surface area contributed by atoms with Crippen molar-refractivity contribution >= 4 is 23.7 Å². The van der Waals surface area contributed by atoms with Crippen molar-refractivity contribution in [2.24, 2.45) is 11.5 Å². The first-order valence-corrected chi connectivity index (χ1v) is 6.13. The highest BCUT2D eigenvalue weighted by Gasteiger charge is 2.07. The van der Waals surface area contributed by atoms with E-state index in [1.807, 2.05) is 11.3 Å². The Balaban J connectivity index is 0.00000196. The topological polar surface area (TPSA) is 52.0 Å². The number of halogens is 1. The quantitative estimate of drug-likeness (QED) is 0.761. The van der Waals surface area contributed by atoms with Crippen molar-refractivity contribution in [3.63, 3.8) is 0 Å². The molecular formula is C11H21ClN2S. The fourth-order valence-corrected chi connectivity index (χ4v) is 2.42. The molecule has 0 aliphatic heterocycles. The lowest BCUT2D eigenvalue weighted by Crippen LogP contribution is -2.09. The molecule has 4 heteroatoms. The van der Waals surface area contributed by atoms with Crippen molar-refractivity contribution in [2.45, 2.75) is 38.6 Å². The van der Waals surface area contributed by atoms with Crippen LogP contribution in [-0.2, 0) is 6.42 Å². The van der Waals surface area contributed by atoms with E-state index in [9.17, 15) is 0 Å². The fourth-order valence-electron chi connectivity index (χ4n) is 1.43. The molecule has 0 aliphatic carbocycles. The van der Waals surface area contributed by atoms with E-state index in [0.29, 0.717) is 0 Å². The summed E-state index contributed by atoms with van der Waals surface area (Å²) in [7, 11) is 0. The third-order valence-corrected chi connectivity index (χ3v) is 3.73. The number of aryl methyl sites for hydroxylation is 1. The zero-order chi connectivity index (χ0) is 10.4. The predicted molar refractivity (Wildman–Crippen MR) is 70.8 cm³/mol. The Morgan fingerprint density at radius 2 is 2.07 bits per heavy atom. The SMILES string of the molecule is CCc1ccc([C@@H](N)CCCCN)s1.Cl. The average Bonchev–Trinajstić information content (AvgIpc) is 2.66. The minimum absolute atomic E-state index is 0. The molecule has 0 radical (unpaired) electrons. The van der Waals surface area contributed by atoms with E-state index in [1.165, 1.54) is 9.75 Å². The molecule has 0 spiro atoms. The van der Waals surface area contributed by atoms with Crippen molar-refractivity contribution in [2.75, 3.05) is 6.54 Å². The standard InChI is InChI=1S/C11H20N2S.ClH/c1-2-9-6-7-11(14-9)10(13)5-3-4-8-12;/h6-7,10H,2-5,8,12-13H2,1H3;1H/t10-;/m0./s1. The first-order valence-electron chi connectivity index (χ1n) is 5.32. The van der Waals surface area contributed by atoms with Crippen molar-refractivity contribution in [3.8, 4) is 0 Å². The van der Waals surface area contributed by atoms with E-state index < -0.39 is 0 Å². The van der Waals surface area contributed by atoms with Gasteiger partial charge in [-0.15, -0.1) is 23.7 Å². The minimum atomic E-state index is 0. The molecule has 0 fully saturated rings. The van der Waals surface area contributed by atoms with Gasteiger partial charge in [-0.1, -0.05) is 13.3 Å². The van der Waals surface area contributed by atoms with Crippen LogP contribution in [0.1, 0.15) is 42.0 Å². The predicted octanol–water partition coefficient (Wildman–Crippen LogP) is 2.86. The average molecular weight is 249 g/mol. The molecule has 0 aliphatic rings. The lowest BCUT2D eigenvalue weighted by atomic mass is 10.1. The molecule has 0 unspecified atom stereocenters. The molecule has 1 rings (SSSR count). The molecule has 2 nitrogen and oxygen atoms in total. The van der Waals surface area contributed by atoms with Crippen LogP contribution in [0.2, 0.25) is 0 Å². The number of nitrogens with two attached hydrogens (primary N) is 2. The van der Waals surface area contributed by atoms with E-state index in [4.69, 9.17) is 11.5 Å². The van der Waals surface area contributed by atoms with Gasteiger partial charge in [0, 0.05) is 15.8 Å². The Morgan fingerprint density at radius 1 is 1.33 bits per heavy atom. The number of rotatable bonds is 6. The lowest BCUT2D eigenvalue weighted by molar-refractivity contribution is 0.598.